The van der Waals surface area contributed by atoms with E-state index in [9.17, 15) is 0 Å². The minimum atomic E-state index is 0.614. The molecule has 1 aromatic carbocycles. The maximum Gasteiger partial charge on any atom is 0.112 e. The summed E-state index contributed by atoms with van der Waals surface area (Å²) in [5.41, 5.74) is 3.58. The van der Waals surface area contributed by atoms with Gasteiger partial charge >= 0.3 is 0 Å². The van der Waals surface area contributed by atoms with Crippen LogP contribution in [0.5, 0.6) is 0 Å². The Morgan fingerprint density at radius 1 is 1.18 bits per heavy atom. The molecule has 0 spiro atoms. The Labute approximate surface area is 136 Å². The number of fused-ring (bicyclic) bond motifs is 2. The van der Waals surface area contributed by atoms with E-state index < -0.39 is 0 Å². The van der Waals surface area contributed by atoms with E-state index in [0.29, 0.717) is 5.25 Å². The molecule has 2 saturated heterocycles. The zero-order valence-electron chi connectivity index (χ0n) is 13.2. The molecule has 22 heavy (non-hydrogen) atoms. The van der Waals surface area contributed by atoms with Crippen LogP contribution in [0.3, 0.4) is 0 Å². The van der Waals surface area contributed by atoms with Gasteiger partial charge in [0.15, 0.2) is 0 Å². The molecular weight excluding hydrogens is 292 g/mol. The van der Waals surface area contributed by atoms with E-state index >= 15 is 0 Å². The normalized spacial score (nSPS) is 25.3. The van der Waals surface area contributed by atoms with Gasteiger partial charge in [0.25, 0.3) is 0 Å². The summed E-state index contributed by atoms with van der Waals surface area (Å²) in [5.74, 6) is 1.29. The lowest BCUT2D eigenvalue weighted by Crippen LogP contribution is -2.45. The van der Waals surface area contributed by atoms with E-state index in [2.05, 4.69) is 53.4 Å². The van der Waals surface area contributed by atoms with Gasteiger partial charge in [-0.1, -0.05) is 19.1 Å². The molecule has 1 aromatic rings. The fraction of sp³-hybridized carbons (Fsp3) is 0.471. The molecule has 1 unspecified atom stereocenters. The molecule has 0 aromatic heterocycles. The number of anilines is 1. The highest BCUT2D eigenvalue weighted by atomic mass is 32.2. The van der Waals surface area contributed by atoms with Crippen molar-refractivity contribution in [2.45, 2.75) is 18.6 Å². The summed E-state index contributed by atoms with van der Waals surface area (Å²) < 4.78 is 0. The SMILES string of the molecule is CC1CC2=C(N3CCN(C)CC3)Nc3ccccc3N=C2S1. The zero-order chi connectivity index (χ0) is 15.1. The van der Waals surface area contributed by atoms with E-state index in [0.717, 1.165) is 44.0 Å². The molecule has 1 atom stereocenters. The lowest BCUT2D eigenvalue weighted by Gasteiger charge is -2.36. The van der Waals surface area contributed by atoms with Crippen LogP contribution in [0.2, 0.25) is 0 Å². The minimum Gasteiger partial charge on any atom is -0.355 e. The molecule has 2 fully saturated rings. The number of nitrogens with zero attached hydrogens (tertiary/aromatic N) is 3. The average Bonchev–Trinajstić information content (AvgIpc) is 2.80. The van der Waals surface area contributed by atoms with Gasteiger partial charge in [-0.2, -0.15) is 0 Å². The quantitative estimate of drug-likeness (QED) is 0.863. The maximum absolute atomic E-state index is 4.93. The van der Waals surface area contributed by atoms with Crippen LogP contribution in [0.4, 0.5) is 11.4 Å². The molecule has 0 bridgehead atoms. The molecule has 4 rings (SSSR count). The Kier molecular flexibility index (Phi) is 3.62. The van der Waals surface area contributed by atoms with Crippen LogP contribution in [0.25, 0.3) is 0 Å². The first-order valence-corrected chi connectivity index (χ1v) is 8.87. The molecule has 116 valence electrons. The monoisotopic (exact) mass is 314 g/mol. The topological polar surface area (TPSA) is 30.9 Å². The van der Waals surface area contributed by atoms with E-state index in [-0.39, 0.29) is 0 Å². The van der Waals surface area contributed by atoms with Crippen molar-refractivity contribution in [2.75, 3.05) is 38.5 Å². The van der Waals surface area contributed by atoms with E-state index in [1.165, 1.54) is 16.4 Å². The molecule has 0 aliphatic carbocycles. The second-order valence-corrected chi connectivity index (χ2v) is 7.74. The molecule has 3 aliphatic heterocycles. The molecular formula is C17H22N4S. The number of likely N-dealkylation sites (N-methyl/N-ethyl adjacent to an activating group) is 1. The van der Waals surface area contributed by atoms with Gasteiger partial charge in [-0.05, 0) is 25.6 Å². The number of para-hydroxylation sites is 2. The molecule has 3 aliphatic rings. The van der Waals surface area contributed by atoms with Crippen LogP contribution in [-0.4, -0.2) is 53.3 Å². The van der Waals surface area contributed by atoms with Crippen molar-refractivity contribution in [1.82, 2.24) is 9.80 Å². The largest absolute Gasteiger partial charge is 0.355 e. The van der Waals surface area contributed by atoms with E-state index in [1.807, 2.05) is 11.8 Å². The van der Waals surface area contributed by atoms with E-state index in [4.69, 9.17) is 4.99 Å². The van der Waals surface area contributed by atoms with Crippen molar-refractivity contribution < 1.29 is 0 Å². The van der Waals surface area contributed by atoms with E-state index in [1.54, 1.807) is 0 Å². The molecule has 5 heteroatoms. The summed E-state index contributed by atoms with van der Waals surface area (Å²) in [6.07, 6.45) is 1.10. The third-order valence-corrected chi connectivity index (χ3v) is 5.68. The molecule has 1 N–H and O–H groups in total. The van der Waals surface area contributed by atoms with Crippen LogP contribution in [0, 0.1) is 0 Å². The number of rotatable bonds is 1. The van der Waals surface area contributed by atoms with Crippen LogP contribution in [-0.2, 0) is 0 Å². The predicted molar refractivity (Wildman–Crippen MR) is 94.9 cm³/mol. The lowest BCUT2D eigenvalue weighted by atomic mass is 10.1. The van der Waals surface area contributed by atoms with Gasteiger partial charge in [0.05, 0.1) is 11.4 Å². The number of benzene rings is 1. The predicted octanol–water partition coefficient (Wildman–Crippen LogP) is 3.13. The van der Waals surface area contributed by atoms with Crippen LogP contribution < -0.4 is 5.32 Å². The number of thioether (sulfide) groups is 1. The van der Waals surface area contributed by atoms with Gasteiger partial charge in [-0.3, -0.25) is 0 Å². The Bertz CT molecular complexity index is 644. The van der Waals surface area contributed by atoms with Gasteiger partial charge in [0.2, 0.25) is 0 Å². The van der Waals surface area contributed by atoms with Gasteiger partial charge in [0, 0.05) is 37.0 Å². The Morgan fingerprint density at radius 3 is 2.77 bits per heavy atom. The first kappa shape index (κ1) is 14.2. The Morgan fingerprint density at radius 2 is 1.95 bits per heavy atom. The van der Waals surface area contributed by atoms with Crippen molar-refractivity contribution in [3.05, 3.63) is 35.7 Å². The highest BCUT2D eigenvalue weighted by Gasteiger charge is 2.31. The Balaban J connectivity index is 1.75. The average molecular weight is 314 g/mol. The summed E-state index contributed by atoms with van der Waals surface area (Å²) in [5, 5.41) is 5.52. The zero-order valence-corrected chi connectivity index (χ0v) is 14.0. The summed E-state index contributed by atoms with van der Waals surface area (Å²) >= 11 is 1.91. The van der Waals surface area contributed by atoms with Crippen LogP contribution in [0.1, 0.15) is 13.3 Å². The minimum absolute atomic E-state index is 0.614. The number of nitrogens with one attached hydrogen (secondary N) is 1. The van der Waals surface area contributed by atoms with Crippen LogP contribution in [0.15, 0.2) is 40.7 Å². The summed E-state index contributed by atoms with van der Waals surface area (Å²) in [4.78, 5) is 9.84. The maximum atomic E-state index is 4.93. The summed E-state index contributed by atoms with van der Waals surface area (Å²) in [6.45, 7) is 6.69. The van der Waals surface area contributed by atoms with Crippen molar-refractivity contribution in [3.63, 3.8) is 0 Å². The number of hydrogen-bond acceptors (Lipinski definition) is 5. The molecule has 0 radical (unpaired) electrons. The standard InChI is InChI=1S/C17H22N4S/c1-12-11-13-16(21-9-7-20(2)8-10-21)18-14-5-3-4-6-15(14)19-17(13)22-12/h3-6,12,18H,7-11H2,1-2H3. The van der Waals surface area contributed by atoms with Crippen LogP contribution >= 0.6 is 11.8 Å². The Hall–Kier alpha value is -1.46. The molecule has 4 nitrogen and oxygen atoms in total. The summed E-state index contributed by atoms with van der Waals surface area (Å²) in [6, 6.07) is 8.37. The second-order valence-electron chi connectivity index (χ2n) is 6.31. The van der Waals surface area contributed by atoms with Crippen molar-refractivity contribution >= 4 is 28.2 Å². The smallest absolute Gasteiger partial charge is 0.112 e. The van der Waals surface area contributed by atoms with Gasteiger partial charge in [0.1, 0.15) is 10.9 Å². The fourth-order valence-electron chi connectivity index (χ4n) is 3.26. The molecule has 0 amide bonds. The van der Waals surface area contributed by atoms with Gasteiger partial charge < -0.3 is 15.1 Å². The van der Waals surface area contributed by atoms with Crippen molar-refractivity contribution in [2.24, 2.45) is 4.99 Å². The third kappa shape index (κ3) is 2.52. The van der Waals surface area contributed by atoms with Crippen molar-refractivity contribution in [1.29, 1.82) is 0 Å². The molecule has 3 heterocycles. The number of piperazine rings is 1. The van der Waals surface area contributed by atoms with Crippen molar-refractivity contribution in [3.8, 4) is 0 Å². The lowest BCUT2D eigenvalue weighted by molar-refractivity contribution is 0.187. The van der Waals surface area contributed by atoms with Gasteiger partial charge in [-0.25, -0.2) is 4.99 Å². The third-order valence-electron chi connectivity index (χ3n) is 4.55. The highest BCUT2D eigenvalue weighted by Crippen LogP contribution is 2.41. The van der Waals surface area contributed by atoms with Gasteiger partial charge in [-0.15, -0.1) is 11.8 Å². The first-order valence-electron chi connectivity index (χ1n) is 7.99. The highest BCUT2D eigenvalue weighted by molar-refractivity contribution is 8.15. The first-order chi connectivity index (χ1) is 10.7. The second kappa shape index (κ2) is 5.63. The summed E-state index contributed by atoms with van der Waals surface area (Å²) in [7, 11) is 2.20. The molecule has 0 saturated carbocycles. The fourth-order valence-corrected chi connectivity index (χ4v) is 4.36. The number of aliphatic imine (C=N–C) groups is 1. The number of hydrogen-bond donors (Lipinski definition) is 1.